The van der Waals surface area contributed by atoms with Gasteiger partial charge in [-0.15, -0.1) is 0 Å². The molecule has 0 aliphatic carbocycles. The fraction of sp³-hybridized carbons (Fsp3) is 0.111. The van der Waals surface area contributed by atoms with E-state index in [1.165, 1.54) is 11.0 Å². The van der Waals surface area contributed by atoms with Gasteiger partial charge in [-0.2, -0.15) is 0 Å². The van der Waals surface area contributed by atoms with Crippen LogP contribution < -0.4 is 17.3 Å². The van der Waals surface area contributed by atoms with E-state index in [2.05, 4.69) is 21.8 Å². The molecule has 0 radical (unpaired) electrons. The Morgan fingerprint density at radius 2 is 2.20 bits per heavy atom. The van der Waals surface area contributed by atoms with E-state index in [1.807, 2.05) is 0 Å². The molecule has 0 aliphatic heterocycles. The number of nitrogens with two attached hydrogens (primary N) is 3. The Labute approximate surface area is 86.1 Å². The summed E-state index contributed by atoms with van der Waals surface area (Å²) < 4.78 is 1.37. The molecule has 0 unspecified atom stereocenters. The Morgan fingerprint density at radius 3 is 2.93 bits per heavy atom. The van der Waals surface area contributed by atoms with Crippen molar-refractivity contribution in [1.29, 1.82) is 0 Å². The standard InChI is InChI=1S/C9H10N6/c10-3-1-2-6-4-15(12)9-7(6)8(11)13-5-14-9/h4-5H,3,10,12H2,(H2,11,13,14). The molecule has 2 aromatic rings. The van der Waals surface area contributed by atoms with E-state index in [0.29, 0.717) is 22.4 Å². The van der Waals surface area contributed by atoms with Gasteiger partial charge in [0.15, 0.2) is 5.65 Å². The third-order valence-electron chi connectivity index (χ3n) is 1.96. The van der Waals surface area contributed by atoms with E-state index in [-0.39, 0.29) is 6.54 Å². The predicted octanol–water partition coefficient (Wildman–Crippen LogP) is -0.962. The zero-order valence-electron chi connectivity index (χ0n) is 7.94. The van der Waals surface area contributed by atoms with Crippen LogP contribution in [0.15, 0.2) is 12.5 Å². The molecule has 0 fully saturated rings. The van der Waals surface area contributed by atoms with Crippen LogP contribution in [0.5, 0.6) is 0 Å². The lowest BCUT2D eigenvalue weighted by Gasteiger charge is -1.95. The van der Waals surface area contributed by atoms with Crippen molar-refractivity contribution in [2.75, 3.05) is 18.1 Å². The highest BCUT2D eigenvalue weighted by Gasteiger charge is 2.09. The summed E-state index contributed by atoms with van der Waals surface area (Å²) in [6, 6.07) is 0. The Balaban J connectivity index is 2.75. The highest BCUT2D eigenvalue weighted by atomic mass is 15.3. The summed E-state index contributed by atoms with van der Waals surface area (Å²) >= 11 is 0. The first-order valence-corrected chi connectivity index (χ1v) is 4.29. The van der Waals surface area contributed by atoms with E-state index in [0.717, 1.165) is 0 Å². The molecule has 2 rings (SSSR count). The van der Waals surface area contributed by atoms with E-state index >= 15 is 0 Å². The summed E-state index contributed by atoms with van der Waals surface area (Å²) in [7, 11) is 0. The first kappa shape index (κ1) is 9.30. The average molecular weight is 202 g/mol. The highest BCUT2D eigenvalue weighted by Crippen LogP contribution is 2.20. The smallest absolute Gasteiger partial charge is 0.164 e. The molecule has 0 spiro atoms. The van der Waals surface area contributed by atoms with Gasteiger partial charge in [0.25, 0.3) is 0 Å². The molecule has 0 atom stereocenters. The number of nitrogens with zero attached hydrogens (tertiary/aromatic N) is 3. The van der Waals surface area contributed by atoms with Crippen molar-refractivity contribution in [2.45, 2.75) is 0 Å². The molecule has 2 heterocycles. The summed E-state index contributed by atoms with van der Waals surface area (Å²) in [6.07, 6.45) is 3.01. The topological polar surface area (TPSA) is 109 Å². The summed E-state index contributed by atoms with van der Waals surface area (Å²) in [5, 5.41) is 0.668. The Kier molecular flexibility index (Phi) is 2.15. The van der Waals surface area contributed by atoms with E-state index in [4.69, 9.17) is 17.3 Å². The summed E-state index contributed by atoms with van der Waals surface area (Å²) in [5.41, 5.74) is 12.3. The number of fused-ring (bicyclic) bond motifs is 1. The maximum absolute atomic E-state index is 5.72. The lowest BCUT2D eigenvalue weighted by Crippen LogP contribution is -2.06. The van der Waals surface area contributed by atoms with Gasteiger partial charge in [0.2, 0.25) is 0 Å². The van der Waals surface area contributed by atoms with Gasteiger partial charge in [-0.1, -0.05) is 11.8 Å². The second-order valence-electron chi connectivity index (χ2n) is 2.91. The minimum absolute atomic E-state index is 0.283. The van der Waals surface area contributed by atoms with Crippen LogP contribution in [-0.4, -0.2) is 21.2 Å². The van der Waals surface area contributed by atoms with Gasteiger partial charge in [-0.3, -0.25) is 4.68 Å². The van der Waals surface area contributed by atoms with Crippen LogP contribution in [-0.2, 0) is 0 Å². The molecule has 6 nitrogen and oxygen atoms in total. The number of hydrogen-bond donors (Lipinski definition) is 3. The monoisotopic (exact) mass is 202 g/mol. The van der Waals surface area contributed by atoms with Crippen LogP contribution in [0.4, 0.5) is 5.82 Å². The predicted molar refractivity (Wildman–Crippen MR) is 58.0 cm³/mol. The van der Waals surface area contributed by atoms with Crippen LogP contribution >= 0.6 is 0 Å². The lowest BCUT2D eigenvalue weighted by atomic mass is 10.2. The molecule has 0 amide bonds. The maximum atomic E-state index is 5.72. The number of aromatic nitrogens is 3. The van der Waals surface area contributed by atoms with E-state index < -0.39 is 0 Å². The first-order valence-electron chi connectivity index (χ1n) is 4.29. The van der Waals surface area contributed by atoms with Crippen molar-refractivity contribution < 1.29 is 0 Å². The fourth-order valence-electron chi connectivity index (χ4n) is 1.35. The Morgan fingerprint density at radius 1 is 1.40 bits per heavy atom. The molecule has 0 aromatic carbocycles. The quantitative estimate of drug-likeness (QED) is 0.376. The average Bonchev–Trinajstić information content (AvgIpc) is 2.55. The number of hydrogen-bond acceptors (Lipinski definition) is 5. The van der Waals surface area contributed by atoms with Gasteiger partial charge >= 0.3 is 0 Å². The van der Waals surface area contributed by atoms with Gasteiger partial charge < -0.3 is 17.3 Å². The minimum Gasteiger partial charge on any atom is -0.383 e. The molecule has 0 aliphatic rings. The second kappa shape index (κ2) is 3.48. The van der Waals surface area contributed by atoms with Crippen molar-refractivity contribution >= 4 is 16.9 Å². The van der Waals surface area contributed by atoms with Crippen LogP contribution in [0.2, 0.25) is 0 Å². The Hall–Kier alpha value is -2.26. The van der Waals surface area contributed by atoms with Crippen molar-refractivity contribution in [3.63, 3.8) is 0 Å². The molecule has 15 heavy (non-hydrogen) atoms. The van der Waals surface area contributed by atoms with Crippen LogP contribution in [0.1, 0.15) is 5.56 Å². The number of anilines is 1. The van der Waals surface area contributed by atoms with Crippen LogP contribution in [0.3, 0.4) is 0 Å². The van der Waals surface area contributed by atoms with Gasteiger partial charge in [0.1, 0.15) is 12.1 Å². The van der Waals surface area contributed by atoms with Gasteiger partial charge in [0, 0.05) is 6.20 Å². The normalized spacial score (nSPS) is 9.93. The molecule has 6 N–H and O–H groups in total. The van der Waals surface area contributed by atoms with Crippen molar-refractivity contribution in [3.8, 4) is 11.8 Å². The Bertz CT molecular complexity index is 559. The molecule has 76 valence electrons. The highest BCUT2D eigenvalue weighted by molar-refractivity contribution is 5.92. The SMILES string of the molecule is NCC#Cc1cn(N)c2ncnc(N)c12. The molecule has 2 aromatic heterocycles. The largest absolute Gasteiger partial charge is 0.383 e. The number of rotatable bonds is 0. The van der Waals surface area contributed by atoms with Gasteiger partial charge in [-0.25, -0.2) is 9.97 Å². The minimum atomic E-state index is 0.283. The van der Waals surface area contributed by atoms with Crippen LogP contribution in [0.25, 0.3) is 11.0 Å². The van der Waals surface area contributed by atoms with Gasteiger partial charge in [-0.05, 0) is 0 Å². The lowest BCUT2D eigenvalue weighted by molar-refractivity contribution is 1.03. The molecular formula is C9H10N6. The third-order valence-corrected chi connectivity index (χ3v) is 1.96. The molecule has 0 saturated carbocycles. The second-order valence-corrected chi connectivity index (χ2v) is 2.91. The zero-order chi connectivity index (χ0) is 10.8. The molecule has 0 bridgehead atoms. The van der Waals surface area contributed by atoms with Crippen molar-refractivity contribution in [2.24, 2.45) is 5.73 Å². The van der Waals surface area contributed by atoms with Crippen molar-refractivity contribution in [3.05, 3.63) is 18.1 Å². The summed E-state index contributed by atoms with van der Waals surface area (Å²) in [6.45, 7) is 0.283. The summed E-state index contributed by atoms with van der Waals surface area (Å²) in [4.78, 5) is 7.91. The van der Waals surface area contributed by atoms with E-state index in [9.17, 15) is 0 Å². The maximum Gasteiger partial charge on any atom is 0.164 e. The fourth-order valence-corrected chi connectivity index (χ4v) is 1.35. The third kappa shape index (κ3) is 1.45. The zero-order valence-corrected chi connectivity index (χ0v) is 7.94. The number of nitrogen functional groups attached to an aromatic ring is 2. The molecular weight excluding hydrogens is 192 g/mol. The molecule has 6 heteroatoms. The van der Waals surface area contributed by atoms with Crippen molar-refractivity contribution in [1.82, 2.24) is 14.6 Å². The summed E-state index contributed by atoms with van der Waals surface area (Å²) in [5.74, 6) is 11.7. The van der Waals surface area contributed by atoms with E-state index in [1.54, 1.807) is 6.20 Å². The van der Waals surface area contributed by atoms with Crippen LogP contribution in [0, 0.1) is 11.8 Å². The molecule has 0 saturated heterocycles. The van der Waals surface area contributed by atoms with Gasteiger partial charge in [0.05, 0.1) is 17.5 Å². The first-order chi connectivity index (χ1) is 7.24.